The van der Waals surface area contributed by atoms with Crippen molar-refractivity contribution in [2.75, 3.05) is 0 Å². The maximum absolute atomic E-state index is 12.6. The molecule has 0 heterocycles. The van der Waals surface area contributed by atoms with Gasteiger partial charge in [0, 0.05) is 0 Å². The van der Waals surface area contributed by atoms with E-state index in [0.29, 0.717) is 12.8 Å². The topological polar surface area (TPSA) is 52.6 Å². The van der Waals surface area contributed by atoms with Crippen molar-refractivity contribution in [2.45, 2.75) is 103 Å². The molecule has 24 heavy (non-hydrogen) atoms. The molecule has 0 aromatic carbocycles. The summed E-state index contributed by atoms with van der Waals surface area (Å²) in [5.74, 6) is -1.13. The van der Waals surface area contributed by atoms with Gasteiger partial charge in [-0.2, -0.15) is 0 Å². The van der Waals surface area contributed by atoms with Gasteiger partial charge < -0.3 is 9.47 Å². The minimum Gasteiger partial charge on any atom is -0.462 e. The van der Waals surface area contributed by atoms with E-state index in [-0.39, 0.29) is 36.0 Å². The van der Waals surface area contributed by atoms with Crippen molar-refractivity contribution in [3.63, 3.8) is 0 Å². The van der Waals surface area contributed by atoms with Gasteiger partial charge in [0.25, 0.3) is 0 Å². The van der Waals surface area contributed by atoms with E-state index in [1.807, 2.05) is 13.8 Å². The van der Waals surface area contributed by atoms with Crippen molar-refractivity contribution >= 4 is 11.9 Å². The molecular weight excluding hydrogens is 304 g/mol. The third-order valence-electron chi connectivity index (χ3n) is 5.64. The highest BCUT2D eigenvalue weighted by molar-refractivity contribution is 5.82. The van der Waals surface area contributed by atoms with Crippen molar-refractivity contribution in [1.82, 2.24) is 0 Å². The Kier molecular flexibility index (Phi) is 8.07. The fourth-order valence-corrected chi connectivity index (χ4v) is 4.10. The molecule has 0 N–H and O–H groups in total. The van der Waals surface area contributed by atoms with E-state index in [0.717, 1.165) is 51.4 Å². The second kappa shape index (κ2) is 10.0. The third-order valence-corrected chi connectivity index (χ3v) is 5.64. The highest BCUT2D eigenvalue weighted by Crippen LogP contribution is 2.28. The summed E-state index contributed by atoms with van der Waals surface area (Å²) in [5.41, 5.74) is 0. The molecule has 0 bridgehead atoms. The van der Waals surface area contributed by atoms with Gasteiger partial charge in [-0.05, 0) is 64.2 Å². The summed E-state index contributed by atoms with van der Waals surface area (Å²) in [4.78, 5) is 25.2. The normalized spacial score (nSPS) is 22.6. The Morgan fingerprint density at radius 3 is 1.33 bits per heavy atom. The van der Waals surface area contributed by atoms with Crippen LogP contribution in [0.5, 0.6) is 0 Å². The summed E-state index contributed by atoms with van der Waals surface area (Å²) in [5, 5.41) is 0. The summed E-state index contributed by atoms with van der Waals surface area (Å²) in [6, 6.07) is 0. The minimum atomic E-state index is -0.368. The molecule has 2 unspecified atom stereocenters. The number of hydrogen-bond donors (Lipinski definition) is 0. The van der Waals surface area contributed by atoms with E-state index in [9.17, 15) is 9.59 Å². The molecule has 2 fully saturated rings. The maximum Gasteiger partial charge on any atom is 0.310 e. The Bertz CT molecular complexity index is 356. The number of ether oxygens (including phenoxy) is 2. The molecule has 0 aliphatic heterocycles. The third kappa shape index (κ3) is 5.49. The van der Waals surface area contributed by atoms with E-state index in [1.54, 1.807) is 0 Å². The molecule has 0 amide bonds. The number of rotatable bonds is 7. The fraction of sp³-hybridized carbons (Fsp3) is 0.900. The molecule has 4 nitrogen and oxygen atoms in total. The lowest BCUT2D eigenvalue weighted by Crippen LogP contribution is -2.36. The van der Waals surface area contributed by atoms with Gasteiger partial charge in [-0.25, -0.2) is 0 Å². The number of carbonyl (C=O) groups excluding carboxylic acids is 2. The largest absolute Gasteiger partial charge is 0.462 e. The lowest BCUT2D eigenvalue weighted by atomic mass is 9.87. The van der Waals surface area contributed by atoms with Gasteiger partial charge >= 0.3 is 11.9 Å². The fourth-order valence-electron chi connectivity index (χ4n) is 4.10. The van der Waals surface area contributed by atoms with Crippen LogP contribution in [0.25, 0.3) is 0 Å². The monoisotopic (exact) mass is 338 g/mol. The standard InChI is InChI=1S/C20H34O4/c1-3-17(19(21)23-15-11-7-5-8-12-15)18(4-2)20(22)24-16-13-9-6-10-14-16/h15-18H,3-14H2,1-2H3. The first kappa shape index (κ1) is 19.3. The van der Waals surface area contributed by atoms with Crippen LogP contribution in [-0.2, 0) is 19.1 Å². The van der Waals surface area contributed by atoms with Crippen molar-refractivity contribution < 1.29 is 19.1 Å². The highest BCUT2D eigenvalue weighted by Gasteiger charge is 2.36. The van der Waals surface area contributed by atoms with E-state index >= 15 is 0 Å². The SMILES string of the molecule is CCC(C(=O)OC1CCCCC1)C(CC)C(=O)OC1CCCCC1. The second-order valence-electron chi connectivity index (χ2n) is 7.42. The Hall–Kier alpha value is -1.06. The molecule has 2 aliphatic rings. The molecule has 0 spiro atoms. The molecular formula is C20H34O4. The predicted octanol–water partition coefficient (Wildman–Crippen LogP) is 4.79. The van der Waals surface area contributed by atoms with Crippen LogP contribution in [0, 0.1) is 11.8 Å². The van der Waals surface area contributed by atoms with Gasteiger partial charge in [0.15, 0.2) is 0 Å². The molecule has 2 saturated carbocycles. The molecule has 0 radical (unpaired) electrons. The molecule has 2 atom stereocenters. The Morgan fingerprint density at radius 1 is 0.708 bits per heavy atom. The molecule has 0 aromatic rings. The van der Waals surface area contributed by atoms with Crippen LogP contribution in [-0.4, -0.2) is 24.1 Å². The summed E-state index contributed by atoms with van der Waals surface area (Å²) in [6.07, 6.45) is 12.2. The number of esters is 2. The zero-order chi connectivity index (χ0) is 17.4. The molecule has 2 aliphatic carbocycles. The van der Waals surface area contributed by atoms with Crippen molar-refractivity contribution in [2.24, 2.45) is 11.8 Å². The number of carbonyl (C=O) groups is 2. The Morgan fingerprint density at radius 2 is 1.04 bits per heavy atom. The summed E-state index contributed by atoms with van der Waals surface area (Å²) in [6.45, 7) is 3.92. The van der Waals surface area contributed by atoms with Gasteiger partial charge in [0.2, 0.25) is 0 Å². The highest BCUT2D eigenvalue weighted by atomic mass is 16.6. The van der Waals surface area contributed by atoms with Gasteiger partial charge in [-0.15, -0.1) is 0 Å². The zero-order valence-corrected chi connectivity index (χ0v) is 15.4. The average molecular weight is 338 g/mol. The van der Waals surface area contributed by atoms with E-state index < -0.39 is 0 Å². The van der Waals surface area contributed by atoms with Crippen LogP contribution in [0.3, 0.4) is 0 Å². The van der Waals surface area contributed by atoms with Gasteiger partial charge in [-0.1, -0.05) is 26.7 Å². The smallest absolute Gasteiger partial charge is 0.310 e. The van der Waals surface area contributed by atoms with E-state index in [1.165, 1.54) is 12.8 Å². The summed E-state index contributed by atoms with van der Waals surface area (Å²) in [7, 11) is 0. The van der Waals surface area contributed by atoms with Crippen LogP contribution in [0.15, 0.2) is 0 Å². The molecule has 0 aromatic heterocycles. The van der Waals surface area contributed by atoms with Crippen LogP contribution in [0.4, 0.5) is 0 Å². The summed E-state index contributed by atoms with van der Waals surface area (Å²) >= 11 is 0. The van der Waals surface area contributed by atoms with Gasteiger partial charge in [0.1, 0.15) is 12.2 Å². The van der Waals surface area contributed by atoms with Crippen molar-refractivity contribution in [1.29, 1.82) is 0 Å². The first-order valence-electron chi connectivity index (χ1n) is 10.1. The summed E-state index contributed by atoms with van der Waals surface area (Å²) < 4.78 is 11.4. The van der Waals surface area contributed by atoms with E-state index in [4.69, 9.17) is 9.47 Å². The lowest BCUT2D eigenvalue weighted by molar-refractivity contribution is -0.168. The van der Waals surface area contributed by atoms with Crippen LogP contribution >= 0.6 is 0 Å². The molecule has 0 saturated heterocycles. The quantitative estimate of drug-likeness (QED) is 0.626. The Labute approximate surface area is 146 Å². The van der Waals surface area contributed by atoms with Crippen molar-refractivity contribution in [3.05, 3.63) is 0 Å². The maximum atomic E-state index is 12.6. The van der Waals surface area contributed by atoms with Crippen LogP contribution < -0.4 is 0 Å². The zero-order valence-electron chi connectivity index (χ0n) is 15.4. The molecule has 4 heteroatoms. The van der Waals surface area contributed by atoms with Gasteiger partial charge in [0.05, 0.1) is 11.8 Å². The predicted molar refractivity (Wildman–Crippen MR) is 93.5 cm³/mol. The first-order chi connectivity index (χ1) is 11.7. The molecule has 2 rings (SSSR count). The Balaban J connectivity index is 1.91. The first-order valence-corrected chi connectivity index (χ1v) is 10.1. The minimum absolute atomic E-state index is 0.0483. The lowest BCUT2D eigenvalue weighted by Gasteiger charge is -2.29. The second-order valence-corrected chi connectivity index (χ2v) is 7.42. The van der Waals surface area contributed by atoms with E-state index in [2.05, 4.69) is 0 Å². The van der Waals surface area contributed by atoms with Crippen LogP contribution in [0.1, 0.15) is 90.9 Å². The number of hydrogen-bond acceptors (Lipinski definition) is 4. The average Bonchev–Trinajstić information content (AvgIpc) is 2.61. The molecule has 138 valence electrons. The van der Waals surface area contributed by atoms with Crippen molar-refractivity contribution in [3.8, 4) is 0 Å². The van der Waals surface area contributed by atoms with Gasteiger partial charge in [-0.3, -0.25) is 9.59 Å². The van der Waals surface area contributed by atoms with Crippen LogP contribution in [0.2, 0.25) is 0 Å².